The van der Waals surface area contributed by atoms with Crippen molar-refractivity contribution < 1.29 is 22.0 Å². The number of hydrogen-bond acceptors (Lipinski definition) is 9. The Morgan fingerprint density at radius 1 is 1.11 bits per heavy atom. The number of nitrogens with one attached hydrogen (secondary N) is 3. The molecule has 2 aliphatic rings. The number of likely N-dealkylation sites (tertiary alicyclic amines) is 1. The minimum atomic E-state index is -3.92. The van der Waals surface area contributed by atoms with E-state index in [4.69, 9.17) is 0 Å². The first-order valence-electron chi connectivity index (χ1n) is 14.3. The monoisotopic (exact) mass is 636 g/mol. The summed E-state index contributed by atoms with van der Waals surface area (Å²) < 4.78 is 57.5. The SMILES string of the molecule is CNc1cc(F)c(F)c2c1[nH]c1ncc(-c3cnc4c(c3)c(=O)c(C(=O)NS(C)(=O)=O)cn4C)c(N3CC[C@H]4CN(C)C[C@H]43)c12. The van der Waals surface area contributed by atoms with Gasteiger partial charge in [-0.05, 0) is 25.5 Å². The van der Waals surface area contributed by atoms with Gasteiger partial charge in [0.05, 0.1) is 39.3 Å². The van der Waals surface area contributed by atoms with Crippen LogP contribution in [0.2, 0.25) is 0 Å². The van der Waals surface area contributed by atoms with Gasteiger partial charge in [0.25, 0.3) is 5.91 Å². The van der Waals surface area contributed by atoms with Crippen LogP contribution >= 0.6 is 0 Å². The molecule has 1 amide bonds. The number of halogens is 2. The summed E-state index contributed by atoms with van der Waals surface area (Å²) in [5.41, 5.74) is 2.00. The van der Waals surface area contributed by atoms with Gasteiger partial charge in [0.15, 0.2) is 11.6 Å². The molecule has 2 saturated heterocycles. The highest BCUT2D eigenvalue weighted by molar-refractivity contribution is 7.89. The van der Waals surface area contributed by atoms with Crippen molar-refractivity contribution in [2.24, 2.45) is 13.0 Å². The zero-order chi connectivity index (χ0) is 31.9. The lowest BCUT2D eigenvalue weighted by atomic mass is 9.99. The second-order valence-electron chi connectivity index (χ2n) is 11.9. The molecule has 7 rings (SSSR count). The normalized spacial score (nSPS) is 18.8. The molecule has 0 saturated carbocycles. The van der Waals surface area contributed by atoms with E-state index in [9.17, 15) is 22.4 Å². The first-order chi connectivity index (χ1) is 21.4. The molecule has 5 aromatic rings. The number of nitrogens with zero attached hydrogens (tertiary/aromatic N) is 5. The molecule has 1 aromatic carbocycles. The number of benzene rings is 1. The molecule has 2 atom stereocenters. The van der Waals surface area contributed by atoms with E-state index in [1.54, 1.807) is 32.6 Å². The quantitative estimate of drug-likeness (QED) is 0.265. The van der Waals surface area contributed by atoms with E-state index in [0.717, 1.165) is 31.8 Å². The van der Waals surface area contributed by atoms with E-state index in [0.29, 0.717) is 51.5 Å². The third-order valence-corrected chi connectivity index (χ3v) is 9.45. The lowest BCUT2D eigenvalue weighted by molar-refractivity contribution is 0.0980. The highest BCUT2D eigenvalue weighted by Gasteiger charge is 2.42. The second kappa shape index (κ2) is 10.2. The summed E-state index contributed by atoms with van der Waals surface area (Å²) in [4.78, 5) is 43.1. The largest absolute Gasteiger partial charge is 0.386 e. The van der Waals surface area contributed by atoms with Crippen molar-refractivity contribution in [2.75, 3.05) is 50.2 Å². The summed E-state index contributed by atoms with van der Waals surface area (Å²) in [6, 6.07) is 2.79. The van der Waals surface area contributed by atoms with Crippen LogP contribution in [-0.4, -0.2) is 84.8 Å². The van der Waals surface area contributed by atoms with Gasteiger partial charge >= 0.3 is 0 Å². The number of aromatic amines is 1. The zero-order valence-electron chi connectivity index (χ0n) is 24.9. The highest BCUT2D eigenvalue weighted by Crippen LogP contribution is 2.46. The van der Waals surface area contributed by atoms with Crippen molar-refractivity contribution in [3.8, 4) is 11.1 Å². The predicted octanol–water partition coefficient (Wildman–Crippen LogP) is 2.78. The van der Waals surface area contributed by atoms with Crippen LogP contribution < -0.4 is 20.4 Å². The standard InChI is InChI=1S/C30H30F2N8O4S/c1-33-20-8-19(31)24(32)22-23-26(40-6-5-14-11-38(2)13-21(14)40)17(10-34-28(23)36-25(20)22)15-7-16-27(41)18(30(42)37-45(4,43)44)12-39(3)29(16)35-9-15/h7-10,12,14,21,33H,5-6,11,13H2,1-4H3,(H,34,36)(H,37,42)/t14-,21+/m0/s1. The predicted molar refractivity (Wildman–Crippen MR) is 168 cm³/mol. The minimum Gasteiger partial charge on any atom is -0.386 e. The van der Waals surface area contributed by atoms with Crippen LogP contribution in [-0.2, 0) is 17.1 Å². The molecule has 0 bridgehead atoms. The number of sulfonamides is 1. The van der Waals surface area contributed by atoms with Crippen molar-refractivity contribution in [1.29, 1.82) is 0 Å². The first-order valence-corrected chi connectivity index (χ1v) is 16.2. The molecule has 2 fully saturated rings. The van der Waals surface area contributed by atoms with Crippen LogP contribution in [0.5, 0.6) is 0 Å². The molecular weight excluding hydrogens is 606 g/mol. The molecule has 0 aliphatic carbocycles. The number of hydrogen-bond donors (Lipinski definition) is 3. The topological polar surface area (TPSA) is 145 Å². The van der Waals surface area contributed by atoms with Crippen molar-refractivity contribution in [3.63, 3.8) is 0 Å². The fourth-order valence-electron chi connectivity index (χ4n) is 7.00. The number of aromatic nitrogens is 4. The fraction of sp³-hybridized carbons (Fsp3) is 0.333. The van der Waals surface area contributed by atoms with Gasteiger partial charge in [-0.1, -0.05) is 0 Å². The van der Waals surface area contributed by atoms with Gasteiger partial charge in [0, 0.05) is 75.6 Å². The molecule has 12 nitrogen and oxygen atoms in total. The lowest BCUT2D eigenvalue weighted by Gasteiger charge is -2.29. The summed E-state index contributed by atoms with van der Waals surface area (Å²) in [6.45, 7) is 2.37. The molecule has 0 unspecified atom stereocenters. The van der Waals surface area contributed by atoms with Crippen LogP contribution in [0.3, 0.4) is 0 Å². The first kappa shape index (κ1) is 29.1. The lowest BCUT2D eigenvalue weighted by Crippen LogP contribution is -2.35. The third-order valence-electron chi connectivity index (χ3n) is 8.90. The average molecular weight is 637 g/mol. The molecule has 2 aliphatic heterocycles. The molecular formula is C30H30F2N8O4S. The maximum Gasteiger partial charge on any atom is 0.270 e. The van der Waals surface area contributed by atoms with Crippen LogP contribution in [0, 0.1) is 17.6 Å². The maximum atomic E-state index is 15.7. The van der Waals surface area contributed by atoms with Gasteiger partial charge in [0.2, 0.25) is 15.5 Å². The maximum absolute atomic E-state index is 15.7. The van der Waals surface area contributed by atoms with Crippen molar-refractivity contribution >= 4 is 60.3 Å². The Labute approximate surface area is 256 Å². The zero-order valence-corrected chi connectivity index (χ0v) is 25.7. The van der Waals surface area contributed by atoms with Crippen LogP contribution in [0.4, 0.5) is 20.2 Å². The summed E-state index contributed by atoms with van der Waals surface area (Å²) in [6.07, 6.45) is 6.17. The Balaban J connectivity index is 1.52. The fourth-order valence-corrected chi connectivity index (χ4v) is 7.44. The number of amides is 1. The van der Waals surface area contributed by atoms with Crippen LogP contribution in [0.15, 0.2) is 35.5 Å². The van der Waals surface area contributed by atoms with Gasteiger partial charge in [0.1, 0.15) is 16.9 Å². The number of H-pyrrole nitrogens is 1. The molecule has 3 N–H and O–H groups in total. The molecule has 0 radical (unpaired) electrons. The minimum absolute atomic E-state index is 0.0675. The third kappa shape index (κ3) is 4.60. The number of likely N-dealkylation sites (N-methyl/N-ethyl adjacent to an activating group) is 1. The second-order valence-corrected chi connectivity index (χ2v) is 13.6. The molecule has 0 spiro atoms. The Morgan fingerprint density at radius 3 is 2.62 bits per heavy atom. The molecule has 45 heavy (non-hydrogen) atoms. The van der Waals surface area contributed by atoms with Crippen molar-refractivity contribution in [3.05, 3.63) is 58.1 Å². The van der Waals surface area contributed by atoms with Crippen molar-refractivity contribution in [2.45, 2.75) is 12.5 Å². The number of aryl methyl sites for hydroxylation is 1. The van der Waals surface area contributed by atoms with Gasteiger partial charge in [-0.15, -0.1) is 0 Å². The van der Waals surface area contributed by atoms with E-state index in [1.165, 1.54) is 10.8 Å². The number of carbonyl (C=O) groups excluding carboxylic acids is 1. The van der Waals surface area contributed by atoms with E-state index in [1.807, 2.05) is 4.72 Å². The Bertz CT molecular complexity index is 2250. The van der Waals surface area contributed by atoms with Crippen molar-refractivity contribution in [1.82, 2.24) is 29.1 Å². The molecule has 6 heterocycles. The Kier molecular flexibility index (Phi) is 6.60. The highest BCUT2D eigenvalue weighted by atomic mass is 32.2. The van der Waals surface area contributed by atoms with E-state index in [2.05, 4.69) is 37.1 Å². The molecule has 4 aromatic heterocycles. The Hall–Kier alpha value is -4.63. The molecule has 234 valence electrons. The van der Waals surface area contributed by atoms with E-state index >= 15 is 4.39 Å². The summed E-state index contributed by atoms with van der Waals surface area (Å²) >= 11 is 0. The van der Waals surface area contributed by atoms with Gasteiger partial charge in [-0.25, -0.2) is 31.9 Å². The smallest absolute Gasteiger partial charge is 0.270 e. The van der Waals surface area contributed by atoms with Crippen LogP contribution in [0.25, 0.3) is 44.1 Å². The Morgan fingerprint density at radius 2 is 1.89 bits per heavy atom. The molecule has 15 heteroatoms. The van der Waals surface area contributed by atoms with E-state index < -0.39 is 33.0 Å². The number of anilines is 2. The number of rotatable bonds is 5. The summed E-state index contributed by atoms with van der Waals surface area (Å²) in [7, 11) is 1.35. The number of fused-ring (bicyclic) bond motifs is 5. The number of pyridine rings is 3. The number of carbonyl (C=O) groups is 1. The van der Waals surface area contributed by atoms with E-state index in [-0.39, 0.29) is 28.0 Å². The van der Waals surface area contributed by atoms with Gasteiger partial charge < -0.3 is 24.7 Å². The van der Waals surface area contributed by atoms with Crippen LogP contribution in [0.1, 0.15) is 16.8 Å². The average Bonchev–Trinajstić information content (AvgIpc) is 3.67. The summed E-state index contributed by atoms with van der Waals surface area (Å²) in [5.74, 6) is -2.68. The van der Waals surface area contributed by atoms with Gasteiger partial charge in [-0.3, -0.25) is 9.59 Å². The van der Waals surface area contributed by atoms with Gasteiger partial charge in [-0.2, -0.15) is 0 Å². The summed E-state index contributed by atoms with van der Waals surface area (Å²) in [5, 5.41) is 3.50.